The lowest BCUT2D eigenvalue weighted by Crippen LogP contribution is -2.40. The molecule has 2 amide bonds. The van der Waals surface area contributed by atoms with Gasteiger partial charge >= 0.3 is 0 Å². The van der Waals surface area contributed by atoms with Crippen LogP contribution in [0, 0.1) is 5.92 Å². The van der Waals surface area contributed by atoms with E-state index in [4.69, 9.17) is 14.2 Å². The molecule has 124 valence electrons. The largest absolute Gasteiger partial charge is 0.454 e. The summed E-state index contributed by atoms with van der Waals surface area (Å²) in [5, 5.41) is 5.45. The van der Waals surface area contributed by atoms with Gasteiger partial charge in [0.1, 0.15) is 0 Å². The van der Waals surface area contributed by atoms with Crippen LogP contribution in [0.25, 0.3) is 0 Å². The van der Waals surface area contributed by atoms with Gasteiger partial charge in [0.15, 0.2) is 11.5 Å². The van der Waals surface area contributed by atoms with Crippen molar-refractivity contribution in [1.82, 2.24) is 10.6 Å². The summed E-state index contributed by atoms with van der Waals surface area (Å²) >= 11 is 0. The Balaban J connectivity index is 1.40. The molecular formula is C16H20N2O5. The fourth-order valence-electron chi connectivity index (χ4n) is 2.59. The summed E-state index contributed by atoms with van der Waals surface area (Å²) in [5.41, 5.74) is 0.915. The van der Waals surface area contributed by atoms with E-state index in [0.717, 1.165) is 5.56 Å². The molecule has 1 saturated heterocycles. The predicted octanol–water partition coefficient (Wildman–Crippen LogP) is 0.574. The van der Waals surface area contributed by atoms with E-state index >= 15 is 0 Å². The molecule has 1 aromatic carbocycles. The lowest BCUT2D eigenvalue weighted by molar-refractivity contribution is -0.130. The second-order valence-corrected chi connectivity index (χ2v) is 5.57. The van der Waals surface area contributed by atoms with Crippen LogP contribution in [0.2, 0.25) is 0 Å². The van der Waals surface area contributed by atoms with E-state index in [1.165, 1.54) is 0 Å². The van der Waals surface area contributed by atoms with Crippen molar-refractivity contribution in [2.45, 2.75) is 19.4 Å². The van der Waals surface area contributed by atoms with Crippen LogP contribution in [0.1, 0.15) is 18.4 Å². The summed E-state index contributed by atoms with van der Waals surface area (Å²) in [6.07, 6.45) is 1.43. The molecule has 7 nitrogen and oxygen atoms in total. The molecule has 0 bridgehead atoms. The molecule has 1 fully saturated rings. The lowest BCUT2D eigenvalue weighted by atomic mass is 9.99. The molecule has 2 aliphatic heterocycles. The van der Waals surface area contributed by atoms with Gasteiger partial charge in [-0.05, 0) is 30.5 Å². The Bertz CT molecular complexity index is 584. The van der Waals surface area contributed by atoms with Gasteiger partial charge in [-0.15, -0.1) is 0 Å². The molecule has 3 rings (SSSR count). The molecule has 2 heterocycles. The first kappa shape index (κ1) is 15.6. The Morgan fingerprint density at radius 2 is 1.87 bits per heavy atom. The number of nitrogens with one attached hydrogen (secondary N) is 2. The summed E-state index contributed by atoms with van der Waals surface area (Å²) in [6, 6.07) is 5.52. The Kier molecular flexibility index (Phi) is 4.97. The number of rotatable bonds is 5. The Morgan fingerprint density at radius 1 is 1.09 bits per heavy atom. The first-order valence-corrected chi connectivity index (χ1v) is 7.73. The smallest absolute Gasteiger partial charge is 0.239 e. The number of carbonyl (C=O) groups is 2. The van der Waals surface area contributed by atoms with Gasteiger partial charge in [0, 0.05) is 25.7 Å². The molecule has 23 heavy (non-hydrogen) atoms. The van der Waals surface area contributed by atoms with Gasteiger partial charge in [-0.25, -0.2) is 0 Å². The quantitative estimate of drug-likeness (QED) is 0.828. The highest BCUT2D eigenvalue weighted by Crippen LogP contribution is 2.32. The zero-order valence-electron chi connectivity index (χ0n) is 12.8. The van der Waals surface area contributed by atoms with Crippen molar-refractivity contribution in [3.63, 3.8) is 0 Å². The monoisotopic (exact) mass is 320 g/mol. The van der Waals surface area contributed by atoms with Gasteiger partial charge in [-0.2, -0.15) is 0 Å². The molecule has 7 heteroatoms. The van der Waals surface area contributed by atoms with E-state index in [1.54, 1.807) is 0 Å². The van der Waals surface area contributed by atoms with E-state index in [1.807, 2.05) is 18.2 Å². The lowest BCUT2D eigenvalue weighted by Gasteiger charge is -2.21. The van der Waals surface area contributed by atoms with Crippen LogP contribution in [0.4, 0.5) is 0 Å². The van der Waals surface area contributed by atoms with E-state index in [-0.39, 0.29) is 31.1 Å². The van der Waals surface area contributed by atoms with E-state index in [9.17, 15) is 9.59 Å². The standard InChI is InChI=1S/C16H20N2O5/c19-15(9-18-16(20)12-3-5-21-6-4-12)17-8-11-1-2-13-14(7-11)23-10-22-13/h1-2,7,12H,3-6,8-10H2,(H,17,19)(H,18,20). The zero-order valence-corrected chi connectivity index (χ0v) is 12.8. The molecule has 0 saturated carbocycles. The van der Waals surface area contributed by atoms with Crippen LogP contribution < -0.4 is 20.1 Å². The summed E-state index contributed by atoms with van der Waals surface area (Å²) in [6.45, 7) is 1.80. The number of amides is 2. The molecule has 0 unspecified atom stereocenters. The fourth-order valence-corrected chi connectivity index (χ4v) is 2.59. The van der Waals surface area contributed by atoms with Crippen molar-refractivity contribution in [2.24, 2.45) is 5.92 Å². The topological polar surface area (TPSA) is 85.9 Å². The summed E-state index contributed by atoms with van der Waals surface area (Å²) in [7, 11) is 0. The molecule has 2 N–H and O–H groups in total. The van der Waals surface area contributed by atoms with Gasteiger partial charge in [-0.3, -0.25) is 9.59 Å². The number of hydrogen-bond donors (Lipinski definition) is 2. The minimum absolute atomic E-state index is 0.0132. The van der Waals surface area contributed by atoms with Crippen molar-refractivity contribution in [1.29, 1.82) is 0 Å². The van der Waals surface area contributed by atoms with Crippen LogP contribution in [-0.4, -0.2) is 38.4 Å². The first-order valence-electron chi connectivity index (χ1n) is 7.73. The van der Waals surface area contributed by atoms with Gasteiger partial charge in [0.25, 0.3) is 0 Å². The van der Waals surface area contributed by atoms with E-state index < -0.39 is 0 Å². The second-order valence-electron chi connectivity index (χ2n) is 5.57. The second kappa shape index (κ2) is 7.32. The molecular weight excluding hydrogens is 300 g/mol. The number of fused-ring (bicyclic) bond motifs is 1. The summed E-state index contributed by atoms with van der Waals surface area (Å²) in [4.78, 5) is 23.8. The number of benzene rings is 1. The third kappa shape index (κ3) is 4.13. The maximum atomic E-state index is 11.9. The van der Waals surface area contributed by atoms with Crippen LogP contribution >= 0.6 is 0 Å². The van der Waals surface area contributed by atoms with Crippen LogP contribution in [0.5, 0.6) is 11.5 Å². The van der Waals surface area contributed by atoms with Crippen molar-refractivity contribution >= 4 is 11.8 Å². The average molecular weight is 320 g/mol. The maximum absolute atomic E-state index is 11.9. The van der Waals surface area contributed by atoms with Crippen LogP contribution in [0.15, 0.2) is 18.2 Å². The third-order valence-electron chi connectivity index (χ3n) is 3.94. The van der Waals surface area contributed by atoms with Crippen molar-refractivity contribution in [3.8, 4) is 11.5 Å². The SMILES string of the molecule is O=C(CNC(=O)C1CCOCC1)NCc1ccc2c(c1)OCO2. The molecule has 0 atom stereocenters. The average Bonchev–Trinajstić information content (AvgIpc) is 3.06. The highest BCUT2D eigenvalue weighted by atomic mass is 16.7. The summed E-state index contributed by atoms with van der Waals surface area (Å²) < 4.78 is 15.7. The Hall–Kier alpha value is -2.28. The minimum Gasteiger partial charge on any atom is -0.454 e. The number of carbonyl (C=O) groups excluding carboxylic acids is 2. The fraction of sp³-hybridized carbons (Fsp3) is 0.500. The minimum atomic E-state index is -0.219. The molecule has 0 spiro atoms. The molecule has 2 aliphatic rings. The van der Waals surface area contributed by atoms with Gasteiger partial charge < -0.3 is 24.8 Å². The Labute approximate surface area is 134 Å². The van der Waals surface area contributed by atoms with Crippen LogP contribution in [-0.2, 0) is 20.9 Å². The Morgan fingerprint density at radius 3 is 2.70 bits per heavy atom. The predicted molar refractivity (Wildman–Crippen MR) is 81.0 cm³/mol. The highest BCUT2D eigenvalue weighted by Gasteiger charge is 2.21. The molecule has 0 radical (unpaired) electrons. The number of hydrogen-bond acceptors (Lipinski definition) is 5. The molecule has 0 aliphatic carbocycles. The van der Waals surface area contributed by atoms with Crippen molar-refractivity contribution in [2.75, 3.05) is 26.6 Å². The van der Waals surface area contributed by atoms with Crippen LogP contribution in [0.3, 0.4) is 0 Å². The van der Waals surface area contributed by atoms with Gasteiger partial charge in [0.05, 0.1) is 6.54 Å². The van der Waals surface area contributed by atoms with E-state index in [2.05, 4.69) is 10.6 Å². The molecule has 0 aromatic heterocycles. The third-order valence-corrected chi connectivity index (χ3v) is 3.94. The first-order chi connectivity index (χ1) is 11.2. The van der Waals surface area contributed by atoms with Crippen molar-refractivity contribution < 1.29 is 23.8 Å². The highest BCUT2D eigenvalue weighted by molar-refractivity contribution is 5.85. The number of ether oxygens (including phenoxy) is 3. The van der Waals surface area contributed by atoms with Crippen molar-refractivity contribution in [3.05, 3.63) is 23.8 Å². The summed E-state index contributed by atoms with van der Waals surface area (Å²) in [5.74, 6) is 1.05. The zero-order chi connectivity index (χ0) is 16.1. The maximum Gasteiger partial charge on any atom is 0.239 e. The normalized spacial score (nSPS) is 16.9. The van der Waals surface area contributed by atoms with Gasteiger partial charge in [-0.1, -0.05) is 6.07 Å². The van der Waals surface area contributed by atoms with E-state index in [0.29, 0.717) is 44.1 Å². The molecule has 1 aromatic rings. The van der Waals surface area contributed by atoms with Gasteiger partial charge in [0.2, 0.25) is 18.6 Å².